The first-order valence-electron chi connectivity index (χ1n) is 12.0. The van der Waals surface area contributed by atoms with Crippen molar-refractivity contribution in [3.05, 3.63) is 29.8 Å². The molecular formula is C24H37N3O4S. The first-order valence-corrected chi connectivity index (χ1v) is 13.4. The maximum atomic E-state index is 13.0. The summed E-state index contributed by atoms with van der Waals surface area (Å²) in [4.78, 5) is 27.3. The van der Waals surface area contributed by atoms with Crippen LogP contribution in [0.3, 0.4) is 0 Å². The van der Waals surface area contributed by atoms with E-state index >= 15 is 0 Å². The zero-order valence-electron chi connectivity index (χ0n) is 19.4. The summed E-state index contributed by atoms with van der Waals surface area (Å²) in [6, 6.07) is 6.29. The van der Waals surface area contributed by atoms with Crippen LogP contribution in [0.2, 0.25) is 0 Å². The summed E-state index contributed by atoms with van der Waals surface area (Å²) in [6.07, 6.45) is 8.63. The van der Waals surface area contributed by atoms with Gasteiger partial charge in [0.05, 0.1) is 10.8 Å². The molecule has 1 aromatic rings. The smallest absolute Gasteiger partial charge is 0.253 e. The zero-order chi connectivity index (χ0) is 23.1. The summed E-state index contributed by atoms with van der Waals surface area (Å²) in [7, 11) is -1.93. The summed E-state index contributed by atoms with van der Waals surface area (Å²) in [5, 5.41) is 2.97. The number of likely N-dealkylation sites (tertiary alicyclic amines) is 1. The first-order chi connectivity index (χ1) is 15.3. The lowest BCUT2D eigenvalue weighted by molar-refractivity contribution is -0.126. The van der Waals surface area contributed by atoms with Crippen LogP contribution in [0.15, 0.2) is 29.2 Å². The van der Waals surface area contributed by atoms with Gasteiger partial charge in [-0.2, -0.15) is 4.31 Å². The van der Waals surface area contributed by atoms with E-state index in [1.807, 2.05) is 0 Å². The molecule has 1 N–H and O–H groups in total. The van der Waals surface area contributed by atoms with Gasteiger partial charge in [0.2, 0.25) is 15.9 Å². The molecule has 0 radical (unpaired) electrons. The fourth-order valence-corrected chi connectivity index (χ4v) is 6.08. The van der Waals surface area contributed by atoms with Gasteiger partial charge in [0.15, 0.2) is 0 Å². The van der Waals surface area contributed by atoms with Gasteiger partial charge in [0, 0.05) is 38.3 Å². The second-order valence-electron chi connectivity index (χ2n) is 9.07. The number of carbonyl (C=O) groups is 2. The van der Waals surface area contributed by atoms with Crippen molar-refractivity contribution in [3.8, 4) is 0 Å². The molecule has 1 heterocycles. The predicted molar refractivity (Wildman–Crippen MR) is 125 cm³/mol. The van der Waals surface area contributed by atoms with E-state index in [9.17, 15) is 18.0 Å². The number of hydrogen-bond donors (Lipinski definition) is 1. The molecule has 32 heavy (non-hydrogen) atoms. The predicted octanol–water partition coefficient (Wildman–Crippen LogP) is 3.41. The van der Waals surface area contributed by atoms with Crippen LogP contribution < -0.4 is 5.32 Å². The van der Waals surface area contributed by atoms with Crippen molar-refractivity contribution in [2.24, 2.45) is 5.92 Å². The van der Waals surface area contributed by atoms with Crippen LogP contribution in [-0.2, 0) is 14.8 Å². The molecule has 1 aliphatic carbocycles. The average Bonchev–Trinajstić information content (AvgIpc) is 2.84. The van der Waals surface area contributed by atoms with Gasteiger partial charge in [-0.1, -0.05) is 32.6 Å². The van der Waals surface area contributed by atoms with E-state index in [1.54, 1.807) is 24.1 Å². The van der Waals surface area contributed by atoms with Crippen LogP contribution in [0.25, 0.3) is 0 Å². The van der Waals surface area contributed by atoms with Crippen molar-refractivity contribution >= 4 is 21.8 Å². The average molecular weight is 464 g/mol. The van der Waals surface area contributed by atoms with Crippen LogP contribution in [0.1, 0.15) is 75.1 Å². The Kier molecular flexibility index (Phi) is 8.71. The van der Waals surface area contributed by atoms with E-state index in [-0.39, 0.29) is 28.7 Å². The summed E-state index contributed by atoms with van der Waals surface area (Å²) in [5.74, 6) is -0.322. The van der Waals surface area contributed by atoms with Crippen molar-refractivity contribution in [2.75, 3.05) is 26.7 Å². The zero-order valence-corrected chi connectivity index (χ0v) is 20.2. The van der Waals surface area contributed by atoms with Crippen LogP contribution in [-0.4, -0.2) is 62.2 Å². The van der Waals surface area contributed by atoms with Crippen LogP contribution >= 0.6 is 0 Å². The molecule has 3 rings (SSSR count). The second kappa shape index (κ2) is 11.3. The van der Waals surface area contributed by atoms with E-state index in [4.69, 9.17) is 0 Å². The molecule has 0 aromatic heterocycles. The molecule has 0 spiro atoms. The van der Waals surface area contributed by atoms with E-state index in [0.717, 1.165) is 51.4 Å². The van der Waals surface area contributed by atoms with Crippen LogP contribution in [0.4, 0.5) is 0 Å². The summed E-state index contributed by atoms with van der Waals surface area (Å²) in [5.41, 5.74) is 0.455. The molecule has 1 aliphatic heterocycles. The number of sulfonamides is 1. The molecule has 2 aliphatic rings. The number of carbonyl (C=O) groups excluding carboxylic acids is 2. The molecule has 7 nitrogen and oxygen atoms in total. The molecule has 0 bridgehead atoms. The Morgan fingerprint density at radius 3 is 2.41 bits per heavy atom. The van der Waals surface area contributed by atoms with Gasteiger partial charge in [0.1, 0.15) is 0 Å². The summed E-state index contributed by atoms with van der Waals surface area (Å²) >= 11 is 0. The molecule has 1 atom stereocenters. The minimum absolute atomic E-state index is 0.0168. The Hall–Kier alpha value is -1.93. The van der Waals surface area contributed by atoms with Crippen molar-refractivity contribution < 1.29 is 18.0 Å². The third kappa shape index (κ3) is 5.90. The number of nitrogens with zero attached hydrogens (tertiary/aromatic N) is 2. The number of unbranched alkanes of at least 4 members (excludes halogenated alkanes) is 1. The number of rotatable bonds is 8. The van der Waals surface area contributed by atoms with Gasteiger partial charge in [0.25, 0.3) is 5.91 Å². The van der Waals surface area contributed by atoms with Crippen molar-refractivity contribution in [2.45, 2.75) is 75.6 Å². The van der Waals surface area contributed by atoms with Gasteiger partial charge in [-0.05, 0) is 56.4 Å². The molecule has 1 saturated carbocycles. The fraction of sp³-hybridized carbons (Fsp3) is 0.667. The fourth-order valence-electron chi connectivity index (χ4n) is 4.67. The highest BCUT2D eigenvalue weighted by Crippen LogP contribution is 2.27. The number of piperidine rings is 1. The third-order valence-electron chi connectivity index (χ3n) is 6.78. The largest absolute Gasteiger partial charge is 0.356 e. The highest BCUT2D eigenvalue weighted by atomic mass is 32.2. The van der Waals surface area contributed by atoms with Gasteiger partial charge >= 0.3 is 0 Å². The monoisotopic (exact) mass is 463 g/mol. The van der Waals surface area contributed by atoms with Gasteiger partial charge in [-0.3, -0.25) is 9.59 Å². The molecule has 178 valence electrons. The Labute approximate surface area is 192 Å². The normalized spacial score (nSPS) is 20.3. The van der Waals surface area contributed by atoms with E-state index in [0.29, 0.717) is 25.2 Å². The number of nitrogens with one attached hydrogen (secondary N) is 1. The number of amides is 2. The van der Waals surface area contributed by atoms with E-state index in [2.05, 4.69) is 12.2 Å². The first kappa shape index (κ1) is 24.7. The summed E-state index contributed by atoms with van der Waals surface area (Å²) < 4.78 is 27.5. The molecule has 2 amide bonds. The minimum atomic E-state index is -3.58. The van der Waals surface area contributed by atoms with Crippen LogP contribution in [0, 0.1) is 5.92 Å². The van der Waals surface area contributed by atoms with Gasteiger partial charge in [-0.15, -0.1) is 0 Å². The van der Waals surface area contributed by atoms with E-state index < -0.39 is 10.0 Å². The lowest BCUT2D eigenvalue weighted by atomic mass is 9.96. The minimum Gasteiger partial charge on any atom is -0.356 e. The standard InChI is InChI=1S/C24H37N3O4S/c1-3-4-16-25-23(28)20-9-8-17-27(18-20)24(29)19-12-14-22(15-13-19)32(30,31)26(2)21-10-6-5-7-11-21/h12-15,20-21H,3-11,16-18H2,1-2H3,(H,25,28). The maximum Gasteiger partial charge on any atom is 0.253 e. The molecule has 8 heteroatoms. The second-order valence-corrected chi connectivity index (χ2v) is 11.1. The lowest BCUT2D eigenvalue weighted by Gasteiger charge is -2.32. The third-order valence-corrected chi connectivity index (χ3v) is 8.70. The van der Waals surface area contributed by atoms with Gasteiger partial charge < -0.3 is 10.2 Å². The van der Waals surface area contributed by atoms with Crippen LogP contribution in [0.5, 0.6) is 0 Å². The number of benzene rings is 1. The molecule has 1 unspecified atom stereocenters. The maximum absolute atomic E-state index is 13.0. The molecule has 1 aromatic carbocycles. The highest BCUT2D eigenvalue weighted by molar-refractivity contribution is 7.89. The molecular weight excluding hydrogens is 426 g/mol. The van der Waals surface area contributed by atoms with Crippen molar-refractivity contribution in [3.63, 3.8) is 0 Å². The van der Waals surface area contributed by atoms with Crippen molar-refractivity contribution in [1.29, 1.82) is 0 Å². The number of hydrogen-bond acceptors (Lipinski definition) is 4. The van der Waals surface area contributed by atoms with Crippen molar-refractivity contribution in [1.82, 2.24) is 14.5 Å². The van der Waals surface area contributed by atoms with E-state index in [1.165, 1.54) is 22.9 Å². The Balaban J connectivity index is 1.63. The van der Waals surface area contributed by atoms with Gasteiger partial charge in [-0.25, -0.2) is 8.42 Å². The Bertz CT molecular complexity index is 879. The topological polar surface area (TPSA) is 86.8 Å². The lowest BCUT2D eigenvalue weighted by Crippen LogP contribution is -2.45. The SMILES string of the molecule is CCCCNC(=O)C1CCCN(C(=O)c2ccc(S(=O)(=O)N(C)C3CCCCC3)cc2)C1. The Morgan fingerprint density at radius 2 is 1.75 bits per heavy atom. The quantitative estimate of drug-likeness (QED) is 0.599. The Morgan fingerprint density at radius 1 is 1.06 bits per heavy atom. The highest BCUT2D eigenvalue weighted by Gasteiger charge is 2.31. The molecule has 2 fully saturated rings. The molecule has 1 saturated heterocycles. The summed E-state index contributed by atoms with van der Waals surface area (Å²) in [6.45, 7) is 3.77.